The number of para-hydroxylation sites is 2. The number of rotatable bonds is 4. The van der Waals surface area contributed by atoms with Crippen LogP contribution in [-0.4, -0.2) is 19.5 Å². The first-order valence-electron chi connectivity index (χ1n) is 18.0. The van der Waals surface area contributed by atoms with E-state index in [-0.39, 0.29) is 0 Å². The van der Waals surface area contributed by atoms with Crippen molar-refractivity contribution in [3.8, 4) is 39.9 Å². The summed E-state index contributed by atoms with van der Waals surface area (Å²) in [6, 6.07) is 64.4. The lowest BCUT2D eigenvalue weighted by Gasteiger charge is -2.15. The van der Waals surface area contributed by atoms with E-state index in [0.29, 0.717) is 17.5 Å². The first kappa shape index (κ1) is 29.5. The highest BCUT2D eigenvalue weighted by molar-refractivity contribution is 6.23. The molecule has 2 heterocycles. The summed E-state index contributed by atoms with van der Waals surface area (Å²) in [5, 5.41) is 11.8. The van der Waals surface area contributed by atoms with Gasteiger partial charge in [-0.15, -0.1) is 0 Å². The predicted molar refractivity (Wildman–Crippen MR) is 220 cm³/mol. The van der Waals surface area contributed by atoms with E-state index in [1.165, 1.54) is 43.4 Å². The molecule has 11 aromatic rings. The van der Waals surface area contributed by atoms with Crippen molar-refractivity contribution in [2.45, 2.75) is 0 Å². The van der Waals surface area contributed by atoms with Gasteiger partial charge in [0.25, 0.3) is 0 Å². The number of aromatic nitrogens is 4. The van der Waals surface area contributed by atoms with E-state index in [0.717, 1.165) is 43.9 Å². The van der Waals surface area contributed by atoms with E-state index in [2.05, 4.69) is 168 Å². The van der Waals surface area contributed by atoms with Crippen molar-refractivity contribution < 1.29 is 0 Å². The van der Waals surface area contributed by atoms with Crippen LogP contribution in [-0.2, 0) is 0 Å². The molecule has 0 saturated carbocycles. The Morgan fingerprint density at radius 3 is 1.62 bits per heavy atom. The van der Waals surface area contributed by atoms with Crippen LogP contribution in [0, 0.1) is 0 Å². The molecule has 0 aliphatic rings. The molecule has 0 aliphatic heterocycles. The van der Waals surface area contributed by atoms with E-state index in [4.69, 9.17) is 15.0 Å². The van der Waals surface area contributed by atoms with Gasteiger partial charge < -0.3 is 4.57 Å². The third-order valence-electron chi connectivity index (χ3n) is 10.6. The molecule has 0 saturated heterocycles. The van der Waals surface area contributed by atoms with E-state index in [1.807, 2.05) is 18.2 Å². The molecular formula is C49H30N4. The molecule has 0 fully saturated rings. The molecule has 2 aromatic heterocycles. The summed E-state index contributed by atoms with van der Waals surface area (Å²) in [6.45, 7) is 0. The molecular weight excluding hydrogens is 645 g/mol. The van der Waals surface area contributed by atoms with Crippen molar-refractivity contribution in [1.29, 1.82) is 0 Å². The summed E-state index contributed by atoms with van der Waals surface area (Å²) in [5.41, 5.74) is 6.36. The normalized spacial score (nSPS) is 11.8. The fraction of sp³-hybridized carbons (Fsp3) is 0. The molecule has 4 heteroatoms. The lowest BCUT2D eigenvalue weighted by Crippen LogP contribution is -2.02. The first-order valence-corrected chi connectivity index (χ1v) is 18.0. The molecule has 0 bridgehead atoms. The Hall–Kier alpha value is -7.17. The highest BCUT2D eigenvalue weighted by Crippen LogP contribution is 2.40. The average Bonchev–Trinajstić information content (AvgIpc) is 3.57. The minimum atomic E-state index is 0.640. The maximum atomic E-state index is 5.33. The van der Waals surface area contributed by atoms with Gasteiger partial charge in [-0.3, -0.25) is 0 Å². The van der Waals surface area contributed by atoms with Crippen LogP contribution in [0.25, 0.3) is 105 Å². The lowest BCUT2D eigenvalue weighted by atomic mass is 9.93. The third-order valence-corrected chi connectivity index (χ3v) is 10.6. The Morgan fingerprint density at radius 1 is 0.321 bits per heavy atom. The van der Waals surface area contributed by atoms with Crippen LogP contribution in [0.4, 0.5) is 0 Å². The molecule has 0 amide bonds. The van der Waals surface area contributed by atoms with Crippen LogP contribution >= 0.6 is 0 Å². The van der Waals surface area contributed by atoms with Crippen LogP contribution in [0.3, 0.4) is 0 Å². The van der Waals surface area contributed by atoms with Crippen molar-refractivity contribution in [1.82, 2.24) is 19.5 Å². The van der Waals surface area contributed by atoms with Crippen LogP contribution < -0.4 is 0 Å². The Labute approximate surface area is 305 Å². The van der Waals surface area contributed by atoms with Crippen LogP contribution in [0.2, 0.25) is 0 Å². The largest absolute Gasteiger partial charge is 0.309 e. The zero-order chi connectivity index (χ0) is 34.9. The maximum absolute atomic E-state index is 5.33. The zero-order valence-electron chi connectivity index (χ0n) is 28.6. The zero-order valence-corrected chi connectivity index (χ0v) is 28.6. The molecule has 0 N–H and O–H groups in total. The van der Waals surface area contributed by atoms with Gasteiger partial charge in [0.2, 0.25) is 0 Å². The molecule has 0 radical (unpaired) electrons. The molecule has 246 valence electrons. The summed E-state index contributed by atoms with van der Waals surface area (Å²) in [7, 11) is 0. The van der Waals surface area contributed by atoms with Crippen molar-refractivity contribution in [3.05, 3.63) is 182 Å². The average molecular weight is 675 g/mol. The van der Waals surface area contributed by atoms with Gasteiger partial charge in [0, 0.05) is 32.8 Å². The fourth-order valence-electron chi connectivity index (χ4n) is 8.26. The maximum Gasteiger partial charge on any atom is 0.164 e. The Balaban J connectivity index is 1.18. The number of nitrogens with zero attached hydrogens (tertiary/aromatic N) is 4. The Morgan fingerprint density at radius 2 is 0.849 bits per heavy atom. The fourth-order valence-corrected chi connectivity index (χ4v) is 8.26. The highest BCUT2D eigenvalue weighted by Gasteiger charge is 2.19. The van der Waals surface area contributed by atoms with Crippen molar-refractivity contribution in [2.75, 3.05) is 0 Å². The molecule has 0 atom stereocenters. The minimum Gasteiger partial charge on any atom is -0.309 e. The van der Waals surface area contributed by atoms with E-state index in [1.54, 1.807) is 0 Å². The van der Waals surface area contributed by atoms with Gasteiger partial charge >= 0.3 is 0 Å². The van der Waals surface area contributed by atoms with Gasteiger partial charge in [-0.05, 0) is 62.0 Å². The van der Waals surface area contributed by atoms with Crippen LogP contribution in [0.5, 0.6) is 0 Å². The van der Waals surface area contributed by atoms with Crippen molar-refractivity contribution in [3.63, 3.8) is 0 Å². The van der Waals surface area contributed by atoms with Gasteiger partial charge in [0.1, 0.15) is 0 Å². The molecule has 4 nitrogen and oxygen atoms in total. The van der Waals surface area contributed by atoms with Gasteiger partial charge in [-0.1, -0.05) is 158 Å². The smallest absolute Gasteiger partial charge is 0.164 e. The second kappa shape index (κ2) is 11.7. The lowest BCUT2D eigenvalue weighted by molar-refractivity contribution is 1.08. The number of hydrogen-bond donors (Lipinski definition) is 0. The van der Waals surface area contributed by atoms with Crippen molar-refractivity contribution >= 4 is 64.9 Å². The number of benzene rings is 9. The molecule has 53 heavy (non-hydrogen) atoms. The minimum absolute atomic E-state index is 0.640. The molecule has 0 unspecified atom stereocenters. The summed E-state index contributed by atoms with van der Waals surface area (Å²) >= 11 is 0. The molecule has 11 rings (SSSR count). The van der Waals surface area contributed by atoms with Crippen LogP contribution in [0.15, 0.2) is 182 Å². The summed E-state index contributed by atoms with van der Waals surface area (Å²) in [4.78, 5) is 15.7. The van der Waals surface area contributed by atoms with Gasteiger partial charge in [-0.25, -0.2) is 15.0 Å². The molecule has 0 aliphatic carbocycles. The third kappa shape index (κ3) is 4.59. The predicted octanol–water partition coefficient (Wildman–Crippen LogP) is 12.6. The monoisotopic (exact) mass is 674 g/mol. The van der Waals surface area contributed by atoms with Gasteiger partial charge in [0.05, 0.1) is 16.7 Å². The quantitative estimate of drug-likeness (QED) is 0.175. The Kier molecular flexibility index (Phi) is 6.52. The topological polar surface area (TPSA) is 43.6 Å². The Bertz CT molecular complexity index is 3180. The van der Waals surface area contributed by atoms with Gasteiger partial charge in [0.15, 0.2) is 17.5 Å². The van der Waals surface area contributed by atoms with Crippen molar-refractivity contribution in [2.24, 2.45) is 0 Å². The number of fused-ring (bicyclic) bond motifs is 9. The first-order chi connectivity index (χ1) is 26.3. The highest BCUT2D eigenvalue weighted by atomic mass is 15.0. The number of hydrogen-bond acceptors (Lipinski definition) is 3. The van der Waals surface area contributed by atoms with Gasteiger partial charge in [-0.2, -0.15) is 0 Å². The second-order valence-corrected chi connectivity index (χ2v) is 13.6. The SMILES string of the molecule is c1ccc(-c2nc(-c3cccc4c(-n5c6ccccc6c6ccccc65)cccc34)nc(-c3cc4ccc5ccccc5c4c4ccccc34)n2)cc1. The summed E-state index contributed by atoms with van der Waals surface area (Å²) in [6.07, 6.45) is 0. The van der Waals surface area contributed by atoms with E-state index < -0.39 is 0 Å². The molecule has 9 aromatic carbocycles. The summed E-state index contributed by atoms with van der Waals surface area (Å²) < 4.78 is 2.38. The van der Waals surface area contributed by atoms with Crippen LogP contribution in [0.1, 0.15) is 0 Å². The summed E-state index contributed by atoms with van der Waals surface area (Å²) in [5.74, 6) is 1.93. The second-order valence-electron chi connectivity index (χ2n) is 13.6. The standard InChI is InChI=1S/C49H30N4/c1-2-15-32(16-3-1)47-50-48(52-49(51-47)42-30-33-29-28-31-14-4-5-17-34(31)46(33)40-21-7-6-18-36(40)42)41-24-12-23-37-35(41)22-13-27-45(37)53-43-25-10-8-19-38(43)39-20-9-11-26-44(39)53/h1-30H. The van der Waals surface area contributed by atoms with E-state index in [9.17, 15) is 0 Å². The van der Waals surface area contributed by atoms with E-state index >= 15 is 0 Å². The molecule has 0 spiro atoms.